The van der Waals surface area contributed by atoms with Crippen LogP contribution in [0.25, 0.3) is 0 Å². The highest BCUT2D eigenvalue weighted by Crippen LogP contribution is 2.45. The zero-order valence-corrected chi connectivity index (χ0v) is 12.2. The molecule has 4 atom stereocenters. The number of sulfone groups is 1. The summed E-state index contributed by atoms with van der Waals surface area (Å²) in [7, 11) is -2.75. The van der Waals surface area contributed by atoms with E-state index in [1.807, 2.05) is 0 Å². The average molecular weight is 281 g/mol. The molecule has 0 radical (unpaired) electrons. The van der Waals surface area contributed by atoms with Crippen molar-refractivity contribution in [3.05, 3.63) is 12.2 Å². The van der Waals surface area contributed by atoms with E-state index in [1.54, 1.807) is 0 Å². The molecule has 1 saturated heterocycles. The van der Waals surface area contributed by atoms with Crippen molar-refractivity contribution in [2.75, 3.05) is 18.1 Å². The Hall–Kier alpha value is -0.350. The SMILES string of the molecule is O=S1(=O)CC[C@@H](N(C[C@@H]2C[C@H]3C=C[C@H]2C3)C2CC2)C1. The molecule has 2 saturated carbocycles. The minimum absolute atomic E-state index is 0.320. The van der Waals surface area contributed by atoms with Crippen LogP contribution in [0.2, 0.25) is 0 Å². The van der Waals surface area contributed by atoms with Crippen molar-refractivity contribution < 1.29 is 8.42 Å². The second-order valence-electron chi connectivity index (χ2n) is 7.03. The van der Waals surface area contributed by atoms with Gasteiger partial charge in [-0.15, -0.1) is 0 Å². The monoisotopic (exact) mass is 281 g/mol. The summed E-state index contributed by atoms with van der Waals surface area (Å²) in [5.41, 5.74) is 0. The van der Waals surface area contributed by atoms with Crippen molar-refractivity contribution in [1.29, 1.82) is 0 Å². The maximum atomic E-state index is 11.7. The molecule has 4 aliphatic rings. The van der Waals surface area contributed by atoms with Crippen LogP contribution in [0.5, 0.6) is 0 Å². The number of hydrogen-bond acceptors (Lipinski definition) is 3. The maximum Gasteiger partial charge on any atom is 0.151 e. The van der Waals surface area contributed by atoms with Crippen LogP contribution >= 0.6 is 0 Å². The molecule has 106 valence electrons. The van der Waals surface area contributed by atoms with Gasteiger partial charge in [-0.1, -0.05) is 12.2 Å². The van der Waals surface area contributed by atoms with Crippen LogP contribution in [0.3, 0.4) is 0 Å². The summed E-state index contributed by atoms with van der Waals surface area (Å²) in [6.45, 7) is 1.15. The predicted molar refractivity (Wildman–Crippen MR) is 75.6 cm³/mol. The Bertz CT molecular complexity index is 494. The van der Waals surface area contributed by atoms with Crippen LogP contribution in [-0.4, -0.2) is 43.5 Å². The van der Waals surface area contributed by atoms with Gasteiger partial charge in [-0.2, -0.15) is 0 Å². The Balaban J connectivity index is 1.46. The van der Waals surface area contributed by atoms with Crippen molar-refractivity contribution >= 4 is 9.84 Å². The first-order valence-electron chi connectivity index (χ1n) is 7.75. The third-order valence-electron chi connectivity index (χ3n) is 5.56. The van der Waals surface area contributed by atoms with Crippen molar-refractivity contribution in [3.8, 4) is 0 Å². The second-order valence-corrected chi connectivity index (χ2v) is 9.25. The molecule has 0 aromatic rings. The third-order valence-corrected chi connectivity index (χ3v) is 7.31. The first-order valence-corrected chi connectivity index (χ1v) is 9.57. The van der Waals surface area contributed by atoms with Gasteiger partial charge in [0.1, 0.15) is 0 Å². The number of hydrogen-bond donors (Lipinski definition) is 0. The fourth-order valence-corrected chi connectivity index (χ4v) is 6.16. The molecule has 19 heavy (non-hydrogen) atoms. The van der Waals surface area contributed by atoms with Gasteiger partial charge in [-0.25, -0.2) is 8.42 Å². The van der Waals surface area contributed by atoms with Crippen molar-refractivity contribution in [3.63, 3.8) is 0 Å². The molecule has 0 aromatic carbocycles. The molecule has 0 N–H and O–H groups in total. The van der Waals surface area contributed by atoms with Gasteiger partial charge in [-0.05, 0) is 49.9 Å². The highest BCUT2D eigenvalue weighted by molar-refractivity contribution is 7.91. The van der Waals surface area contributed by atoms with E-state index < -0.39 is 9.84 Å². The van der Waals surface area contributed by atoms with Crippen LogP contribution in [-0.2, 0) is 9.84 Å². The Labute approximate surface area is 116 Å². The Morgan fingerprint density at radius 3 is 2.42 bits per heavy atom. The average Bonchev–Trinajstić information content (AvgIpc) is 2.82. The lowest BCUT2D eigenvalue weighted by atomic mass is 9.92. The summed E-state index contributed by atoms with van der Waals surface area (Å²) in [6, 6.07) is 1.02. The maximum absolute atomic E-state index is 11.7. The zero-order chi connectivity index (χ0) is 13.0. The quantitative estimate of drug-likeness (QED) is 0.738. The van der Waals surface area contributed by atoms with Gasteiger partial charge in [0.25, 0.3) is 0 Å². The molecule has 4 heteroatoms. The van der Waals surface area contributed by atoms with Crippen LogP contribution in [0.4, 0.5) is 0 Å². The lowest BCUT2D eigenvalue weighted by molar-refractivity contribution is 0.159. The summed E-state index contributed by atoms with van der Waals surface area (Å²) in [5, 5.41) is 0. The summed E-state index contributed by atoms with van der Waals surface area (Å²) in [6.07, 6.45) is 10.9. The molecule has 0 amide bonds. The molecule has 0 spiro atoms. The molecule has 1 aliphatic heterocycles. The molecule has 1 heterocycles. The second kappa shape index (κ2) is 4.32. The highest BCUT2D eigenvalue weighted by atomic mass is 32.2. The van der Waals surface area contributed by atoms with Gasteiger partial charge >= 0.3 is 0 Å². The van der Waals surface area contributed by atoms with Crippen molar-refractivity contribution in [1.82, 2.24) is 4.90 Å². The van der Waals surface area contributed by atoms with Gasteiger partial charge in [0.05, 0.1) is 11.5 Å². The molecular weight excluding hydrogens is 258 g/mol. The summed E-state index contributed by atoms with van der Waals surface area (Å²) in [5.74, 6) is 3.23. The summed E-state index contributed by atoms with van der Waals surface area (Å²) in [4.78, 5) is 2.57. The third kappa shape index (κ3) is 2.38. The van der Waals surface area contributed by atoms with Gasteiger partial charge in [0.2, 0.25) is 0 Å². The molecule has 3 fully saturated rings. The minimum atomic E-state index is -2.75. The molecular formula is C15H23NO2S. The number of rotatable bonds is 4. The van der Waals surface area contributed by atoms with E-state index in [-0.39, 0.29) is 0 Å². The first kappa shape index (κ1) is 12.4. The van der Waals surface area contributed by atoms with Crippen molar-refractivity contribution in [2.24, 2.45) is 17.8 Å². The van der Waals surface area contributed by atoms with E-state index >= 15 is 0 Å². The summed E-state index contributed by atoms with van der Waals surface area (Å²) >= 11 is 0. The number of allylic oxidation sites excluding steroid dienone is 2. The van der Waals surface area contributed by atoms with E-state index in [0.29, 0.717) is 23.6 Å². The largest absolute Gasteiger partial charge is 0.296 e. The molecule has 4 rings (SSSR count). The molecule has 0 aromatic heterocycles. The molecule has 3 nitrogen and oxygen atoms in total. The minimum Gasteiger partial charge on any atom is -0.296 e. The standard InChI is InChI=1S/C15H23NO2S/c17-19(18)6-5-15(10-19)16(14-3-4-14)9-13-8-11-1-2-12(13)7-11/h1-2,11-15H,3-10H2/t11-,12-,13-,15+/m0/s1. The molecule has 0 unspecified atom stereocenters. The Morgan fingerprint density at radius 2 is 1.89 bits per heavy atom. The first-order chi connectivity index (χ1) is 9.11. The zero-order valence-electron chi connectivity index (χ0n) is 11.4. The highest BCUT2D eigenvalue weighted by Gasteiger charge is 2.43. The summed E-state index contributed by atoms with van der Waals surface area (Å²) < 4.78 is 23.4. The fraction of sp³-hybridized carbons (Fsp3) is 0.867. The van der Waals surface area contributed by atoms with Gasteiger partial charge < -0.3 is 0 Å². The number of fused-ring (bicyclic) bond motifs is 2. The van der Waals surface area contributed by atoms with Gasteiger partial charge in [-0.3, -0.25) is 4.90 Å². The topological polar surface area (TPSA) is 37.4 Å². The lowest BCUT2D eigenvalue weighted by Gasteiger charge is -2.32. The fourth-order valence-electron chi connectivity index (χ4n) is 4.41. The smallest absolute Gasteiger partial charge is 0.151 e. The number of nitrogens with zero attached hydrogens (tertiary/aromatic N) is 1. The lowest BCUT2D eigenvalue weighted by Crippen LogP contribution is -2.42. The van der Waals surface area contributed by atoms with E-state index in [2.05, 4.69) is 17.1 Å². The van der Waals surface area contributed by atoms with E-state index in [9.17, 15) is 8.42 Å². The van der Waals surface area contributed by atoms with Crippen molar-refractivity contribution in [2.45, 2.75) is 44.2 Å². The van der Waals surface area contributed by atoms with Gasteiger partial charge in [0.15, 0.2) is 9.84 Å². The van der Waals surface area contributed by atoms with Crippen LogP contribution in [0, 0.1) is 17.8 Å². The van der Waals surface area contributed by atoms with E-state index in [4.69, 9.17) is 0 Å². The van der Waals surface area contributed by atoms with Crippen LogP contribution in [0.1, 0.15) is 32.1 Å². The normalized spacial score (nSPS) is 43.4. The van der Waals surface area contributed by atoms with Crippen LogP contribution in [0.15, 0.2) is 12.2 Å². The van der Waals surface area contributed by atoms with E-state index in [0.717, 1.165) is 30.7 Å². The molecule has 2 bridgehead atoms. The van der Waals surface area contributed by atoms with Gasteiger partial charge in [0, 0.05) is 18.6 Å². The molecule has 3 aliphatic carbocycles. The van der Waals surface area contributed by atoms with E-state index in [1.165, 1.54) is 25.7 Å². The van der Waals surface area contributed by atoms with Crippen LogP contribution < -0.4 is 0 Å². The Morgan fingerprint density at radius 1 is 1.05 bits per heavy atom. The predicted octanol–water partition coefficient (Wildman–Crippen LogP) is 1.85. The Kier molecular flexibility index (Phi) is 2.82.